The smallest absolute Gasteiger partial charge is 0.128 e. The molecule has 5 rings (SSSR count). The lowest BCUT2D eigenvalue weighted by Gasteiger charge is -2.65. The Morgan fingerprint density at radius 2 is 1.85 bits per heavy atom. The minimum absolute atomic E-state index is 0.316. The summed E-state index contributed by atoms with van der Waals surface area (Å²) in [7, 11) is 0. The van der Waals surface area contributed by atoms with Gasteiger partial charge < -0.3 is 5.73 Å². The van der Waals surface area contributed by atoms with Gasteiger partial charge in [0.25, 0.3) is 0 Å². The van der Waals surface area contributed by atoms with Gasteiger partial charge in [0, 0.05) is 10.3 Å². The Hall–Kier alpha value is -1.01. The van der Waals surface area contributed by atoms with Crippen molar-refractivity contribution in [1.29, 1.82) is 5.26 Å². The zero-order valence-corrected chi connectivity index (χ0v) is 13.1. The van der Waals surface area contributed by atoms with E-state index in [0.717, 1.165) is 5.92 Å². The van der Waals surface area contributed by atoms with E-state index in [2.05, 4.69) is 26.0 Å². The molecular formula is C17H22N2S. The average Bonchev–Trinajstić information content (AvgIpc) is 2.66. The second kappa shape index (κ2) is 3.60. The molecule has 4 aliphatic rings. The second-order valence-electron chi connectivity index (χ2n) is 8.42. The molecule has 106 valence electrons. The van der Waals surface area contributed by atoms with Crippen LogP contribution in [0, 0.1) is 28.1 Å². The van der Waals surface area contributed by atoms with E-state index in [1.54, 1.807) is 11.3 Å². The van der Waals surface area contributed by atoms with Gasteiger partial charge in [0.2, 0.25) is 0 Å². The first-order valence-corrected chi connectivity index (χ1v) is 8.47. The van der Waals surface area contributed by atoms with Gasteiger partial charge in [-0.05, 0) is 61.3 Å². The van der Waals surface area contributed by atoms with Crippen LogP contribution in [0.15, 0.2) is 6.07 Å². The lowest BCUT2D eigenvalue weighted by molar-refractivity contribution is -0.108. The first-order chi connectivity index (χ1) is 9.35. The molecule has 1 aromatic heterocycles. The number of hydrogen-bond donors (Lipinski definition) is 1. The van der Waals surface area contributed by atoms with Gasteiger partial charge >= 0.3 is 0 Å². The van der Waals surface area contributed by atoms with Crippen molar-refractivity contribution in [2.45, 2.75) is 57.8 Å². The Bertz CT molecular complexity index is 605. The van der Waals surface area contributed by atoms with E-state index in [9.17, 15) is 5.26 Å². The van der Waals surface area contributed by atoms with Gasteiger partial charge in [0.1, 0.15) is 10.9 Å². The van der Waals surface area contributed by atoms with Crippen LogP contribution in [0.3, 0.4) is 0 Å². The summed E-state index contributed by atoms with van der Waals surface area (Å²) in [5.74, 6) is 0.884. The van der Waals surface area contributed by atoms with Gasteiger partial charge in [0.15, 0.2) is 0 Å². The predicted molar refractivity (Wildman–Crippen MR) is 82.5 cm³/mol. The fourth-order valence-corrected chi connectivity index (χ4v) is 7.55. The SMILES string of the molecule is CC12CC3CC(C)(C1)CC(c1cc(N)c(C#N)s1)(C3)C2. The van der Waals surface area contributed by atoms with E-state index < -0.39 is 0 Å². The summed E-state index contributed by atoms with van der Waals surface area (Å²) in [6, 6.07) is 4.37. The van der Waals surface area contributed by atoms with Crippen molar-refractivity contribution in [2.75, 3.05) is 5.73 Å². The number of hydrogen-bond acceptors (Lipinski definition) is 3. The molecule has 1 aromatic rings. The molecule has 4 saturated carbocycles. The normalized spacial score (nSPS) is 45.5. The Labute approximate surface area is 125 Å². The summed E-state index contributed by atoms with van der Waals surface area (Å²) >= 11 is 1.66. The van der Waals surface area contributed by atoms with Crippen LogP contribution in [0.2, 0.25) is 0 Å². The van der Waals surface area contributed by atoms with Crippen LogP contribution in [-0.4, -0.2) is 0 Å². The van der Waals surface area contributed by atoms with Crippen molar-refractivity contribution >= 4 is 17.0 Å². The van der Waals surface area contributed by atoms with E-state index >= 15 is 0 Å². The largest absolute Gasteiger partial charge is 0.397 e. The van der Waals surface area contributed by atoms with Crippen LogP contribution in [0.5, 0.6) is 0 Å². The Kier molecular flexibility index (Phi) is 2.29. The highest BCUT2D eigenvalue weighted by Gasteiger charge is 2.60. The highest BCUT2D eigenvalue weighted by Crippen LogP contribution is 2.70. The maximum Gasteiger partial charge on any atom is 0.128 e. The van der Waals surface area contributed by atoms with Crippen molar-refractivity contribution in [3.05, 3.63) is 15.8 Å². The van der Waals surface area contributed by atoms with Gasteiger partial charge in [-0.1, -0.05) is 13.8 Å². The van der Waals surface area contributed by atoms with Gasteiger partial charge in [0.05, 0.1) is 5.69 Å². The molecule has 2 unspecified atom stereocenters. The molecule has 2 N–H and O–H groups in total. The zero-order valence-electron chi connectivity index (χ0n) is 12.3. The molecule has 0 radical (unpaired) electrons. The first kappa shape index (κ1) is 12.7. The number of nitrogens with zero attached hydrogens (tertiary/aromatic N) is 1. The second-order valence-corrected chi connectivity index (χ2v) is 9.47. The average molecular weight is 286 g/mol. The first-order valence-electron chi connectivity index (χ1n) is 7.65. The zero-order chi connectivity index (χ0) is 14.2. The third-order valence-electron chi connectivity index (χ3n) is 6.01. The summed E-state index contributed by atoms with van der Waals surface area (Å²) in [6.45, 7) is 4.99. The molecule has 2 nitrogen and oxygen atoms in total. The number of nitrogens with two attached hydrogens (primary N) is 1. The van der Waals surface area contributed by atoms with Crippen LogP contribution in [0.4, 0.5) is 5.69 Å². The van der Waals surface area contributed by atoms with Crippen molar-refractivity contribution in [1.82, 2.24) is 0 Å². The number of thiophene rings is 1. The minimum Gasteiger partial charge on any atom is -0.397 e. The number of rotatable bonds is 1. The summed E-state index contributed by atoms with van der Waals surface area (Å²) < 4.78 is 0. The molecule has 1 heterocycles. The summed E-state index contributed by atoms with van der Waals surface area (Å²) in [5, 5.41) is 9.20. The van der Waals surface area contributed by atoms with Crippen molar-refractivity contribution < 1.29 is 0 Å². The summed E-state index contributed by atoms with van der Waals surface area (Å²) in [4.78, 5) is 2.11. The Balaban J connectivity index is 1.82. The van der Waals surface area contributed by atoms with Crippen molar-refractivity contribution in [2.24, 2.45) is 16.7 Å². The standard InChI is InChI=1S/C17H22N2S/c1-15-4-11-5-16(2,8-15)10-17(6-11,9-15)14-3-12(19)13(7-18)20-14/h3,11H,4-6,8-10,19H2,1-2H3. The maximum absolute atomic E-state index is 9.20. The van der Waals surface area contributed by atoms with Crippen LogP contribution in [0.25, 0.3) is 0 Å². The van der Waals surface area contributed by atoms with Crippen LogP contribution in [0.1, 0.15) is 62.1 Å². The molecule has 0 aliphatic heterocycles. The highest BCUT2D eigenvalue weighted by molar-refractivity contribution is 7.13. The molecule has 4 fully saturated rings. The van der Waals surface area contributed by atoms with Crippen molar-refractivity contribution in [3.63, 3.8) is 0 Å². The maximum atomic E-state index is 9.20. The number of nitrogen functional groups attached to an aromatic ring is 1. The van der Waals surface area contributed by atoms with E-state index in [4.69, 9.17) is 5.73 Å². The topological polar surface area (TPSA) is 49.8 Å². The van der Waals surface area contributed by atoms with Crippen LogP contribution < -0.4 is 5.73 Å². The molecular weight excluding hydrogens is 264 g/mol. The predicted octanol–water partition coefficient (Wildman–Crippen LogP) is 4.45. The molecule has 20 heavy (non-hydrogen) atoms. The Morgan fingerprint density at radius 3 is 2.35 bits per heavy atom. The summed E-state index contributed by atoms with van der Waals surface area (Å²) in [5.41, 5.74) is 8.06. The van der Waals surface area contributed by atoms with E-state index in [-0.39, 0.29) is 0 Å². The summed E-state index contributed by atoms with van der Waals surface area (Å²) in [6.07, 6.45) is 8.15. The number of nitriles is 1. The van der Waals surface area contributed by atoms with Gasteiger partial charge in [-0.15, -0.1) is 11.3 Å². The molecule has 0 saturated heterocycles. The van der Waals surface area contributed by atoms with Gasteiger partial charge in [-0.25, -0.2) is 0 Å². The third kappa shape index (κ3) is 1.61. The minimum atomic E-state index is 0.316. The lowest BCUT2D eigenvalue weighted by Crippen LogP contribution is -2.56. The van der Waals surface area contributed by atoms with Crippen LogP contribution in [-0.2, 0) is 5.41 Å². The lowest BCUT2D eigenvalue weighted by atomic mass is 9.40. The molecule has 4 aliphatic carbocycles. The van der Waals surface area contributed by atoms with Crippen molar-refractivity contribution in [3.8, 4) is 6.07 Å². The molecule has 4 bridgehead atoms. The highest BCUT2D eigenvalue weighted by atomic mass is 32.1. The monoisotopic (exact) mass is 286 g/mol. The van der Waals surface area contributed by atoms with E-state index in [1.807, 2.05) is 0 Å². The van der Waals surface area contributed by atoms with E-state index in [0.29, 0.717) is 26.8 Å². The number of anilines is 1. The molecule has 0 spiro atoms. The Morgan fingerprint density at radius 1 is 1.20 bits per heavy atom. The molecule has 2 atom stereocenters. The molecule has 0 aromatic carbocycles. The van der Waals surface area contributed by atoms with Gasteiger partial charge in [-0.3, -0.25) is 0 Å². The fraction of sp³-hybridized carbons (Fsp3) is 0.706. The van der Waals surface area contributed by atoms with Gasteiger partial charge in [-0.2, -0.15) is 5.26 Å². The fourth-order valence-electron chi connectivity index (χ4n) is 6.48. The molecule has 0 amide bonds. The third-order valence-corrected chi connectivity index (χ3v) is 7.31. The quantitative estimate of drug-likeness (QED) is 0.829. The van der Waals surface area contributed by atoms with E-state index in [1.165, 1.54) is 43.4 Å². The molecule has 3 heteroatoms. The van der Waals surface area contributed by atoms with Crippen LogP contribution >= 0.6 is 11.3 Å².